The normalized spacial score (nSPS) is 25.8. The topological polar surface area (TPSA) is 20.3 Å². The summed E-state index contributed by atoms with van der Waals surface area (Å²) in [4.78, 5) is 13.0. The lowest BCUT2D eigenvalue weighted by Crippen LogP contribution is -2.14. The fourth-order valence-corrected chi connectivity index (χ4v) is 1.67. The first-order valence-electron chi connectivity index (χ1n) is 4.36. The first kappa shape index (κ1) is 8.72. The van der Waals surface area contributed by atoms with Gasteiger partial charge in [0.2, 0.25) is 0 Å². The smallest absolute Gasteiger partial charge is 0.129 e. The molecule has 0 N–H and O–H groups in total. The molecular formula is C9H17NO. The first-order valence-corrected chi connectivity index (χ1v) is 4.36. The van der Waals surface area contributed by atoms with Gasteiger partial charge >= 0.3 is 0 Å². The van der Waals surface area contributed by atoms with Crippen LogP contribution in [0.3, 0.4) is 0 Å². The van der Waals surface area contributed by atoms with E-state index in [1.54, 1.807) is 6.92 Å². The second-order valence-corrected chi connectivity index (χ2v) is 3.66. The third-order valence-electron chi connectivity index (χ3n) is 2.39. The quantitative estimate of drug-likeness (QED) is 0.612. The van der Waals surface area contributed by atoms with Gasteiger partial charge in [0.1, 0.15) is 5.78 Å². The van der Waals surface area contributed by atoms with Gasteiger partial charge in [-0.25, -0.2) is 0 Å². The lowest BCUT2D eigenvalue weighted by atomic mass is 10.0. The lowest BCUT2D eigenvalue weighted by Gasteiger charge is -2.08. The molecule has 0 aromatic rings. The van der Waals surface area contributed by atoms with Gasteiger partial charge in [0.25, 0.3) is 0 Å². The van der Waals surface area contributed by atoms with Gasteiger partial charge in [0, 0.05) is 13.0 Å². The maximum Gasteiger partial charge on any atom is 0.129 e. The highest BCUT2D eigenvalue weighted by Crippen LogP contribution is 2.19. The Labute approximate surface area is 68.6 Å². The van der Waals surface area contributed by atoms with Gasteiger partial charge in [0.05, 0.1) is 0 Å². The molecule has 1 fully saturated rings. The standard InChI is InChI=1S/C9H17NO/c1-8(11)3-4-9-5-6-10(2)7-9/h9H,3-7H2,1-2H3. The summed E-state index contributed by atoms with van der Waals surface area (Å²) in [5.41, 5.74) is 0. The van der Waals surface area contributed by atoms with Crippen LogP contribution in [-0.2, 0) is 4.79 Å². The molecule has 0 aromatic heterocycles. The minimum Gasteiger partial charge on any atom is -0.306 e. The molecule has 0 amide bonds. The molecule has 1 aliphatic rings. The molecule has 0 radical (unpaired) electrons. The predicted molar refractivity (Wildman–Crippen MR) is 45.5 cm³/mol. The maximum absolute atomic E-state index is 10.7. The number of hydrogen-bond donors (Lipinski definition) is 0. The Morgan fingerprint density at radius 3 is 2.82 bits per heavy atom. The second-order valence-electron chi connectivity index (χ2n) is 3.66. The van der Waals surface area contributed by atoms with Crippen LogP contribution >= 0.6 is 0 Å². The number of carbonyl (C=O) groups is 1. The first-order chi connectivity index (χ1) is 5.18. The number of Topliss-reactive ketones (excluding diaryl/α,β-unsaturated/α-hetero) is 1. The van der Waals surface area contributed by atoms with Gasteiger partial charge in [-0.2, -0.15) is 0 Å². The largest absolute Gasteiger partial charge is 0.306 e. The Morgan fingerprint density at radius 2 is 2.36 bits per heavy atom. The molecule has 1 rings (SSSR count). The van der Waals surface area contributed by atoms with Crippen LogP contribution in [0.4, 0.5) is 0 Å². The van der Waals surface area contributed by atoms with Crippen LogP contribution in [0.5, 0.6) is 0 Å². The highest BCUT2D eigenvalue weighted by atomic mass is 16.1. The molecule has 0 saturated carbocycles. The summed E-state index contributed by atoms with van der Waals surface area (Å²) in [5.74, 6) is 1.11. The highest BCUT2D eigenvalue weighted by Gasteiger charge is 2.18. The number of hydrogen-bond acceptors (Lipinski definition) is 2. The van der Waals surface area contributed by atoms with Crippen LogP contribution in [0.2, 0.25) is 0 Å². The van der Waals surface area contributed by atoms with E-state index in [1.807, 2.05) is 0 Å². The van der Waals surface area contributed by atoms with E-state index in [0.717, 1.165) is 18.8 Å². The van der Waals surface area contributed by atoms with Crippen LogP contribution in [0.25, 0.3) is 0 Å². The number of nitrogens with zero attached hydrogens (tertiary/aromatic N) is 1. The average Bonchev–Trinajstić information content (AvgIpc) is 2.31. The van der Waals surface area contributed by atoms with Gasteiger partial charge in [-0.3, -0.25) is 0 Å². The van der Waals surface area contributed by atoms with Crippen molar-refractivity contribution in [2.24, 2.45) is 5.92 Å². The Bertz CT molecular complexity index is 144. The van der Waals surface area contributed by atoms with E-state index in [-0.39, 0.29) is 0 Å². The Hall–Kier alpha value is -0.370. The van der Waals surface area contributed by atoms with Crippen molar-refractivity contribution in [3.8, 4) is 0 Å². The van der Waals surface area contributed by atoms with Crippen molar-refractivity contribution in [3.63, 3.8) is 0 Å². The average molecular weight is 155 g/mol. The van der Waals surface area contributed by atoms with Crippen LogP contribution in [0, 0.1) is 5.92 Å². The van der Waals surface area contributed by atoms with Gasteiger partial charge in [0.15, 0.2) is 0 Å². The van der Waals surface area contributed by atoms with Gasteiger partial charge in [-0.15, -0.1) is 0 Å². The molecular weight excluding hydrogens is 138 g/mol. The van der Waals surface area contributed by atoms with Crippen LogP contribution in [-0.4, -0.2) is 30.8 Å². The maximum atomic E-state index is 10.7. The molecule has 0 spiro atoms. The molecule has 1 heterocycles. The van der Waals surface area contributed by atoms with E-state index in [4.69, 9.17) is 0 Å². The van der Waals surface area contributed by atoms with E-state index in [0.29, 0.717) is 5.78 Å². The summed E-state index contributed by atoms with van der Waals surface area (Å²) in [6.45, 7) is 4.08. The highest BCUT2D eigenvalue weighted by molar-refractivity contribution is 5.75. The zero-order chi connectivity index (χ0) is 8.27. The van der Waals surface area contributed by atoms with Crippen molar-refractivity contribution >= 4 is 5.78 Å². The Balaban J connectivity index is 2.13. The zero-order valence-corrected chi connectivity index (χ0v) is 7.47. The minimum absolute atomic E-state index is 0.333. The molecule has 1 saturated heterocycles. The van der Waals surface area contributed by atoms with Crippen molar-refractivity contribution in [3.05, 3.63) is 0 Å². The number of likely N-dealkylation sites (tertiary alicyclic amines) is 1. The van der Waals surface area contributed by atoms with Crippen molar-refractivity contribution < 1.29 is 4.79 Å². The van der Waals surface area contributed by atoms with E-state index in [2.05, 4.69) is 11.9 Å². The third kappa shape index (κ3) is 3.02. The van der Waals surface area contributed by atoms with E-state index in [1.165, 1.54) is 19.5 Å². The summed E-state index contributed by atoms with van der Waals surface area (Å²) in [6, 6.07) is 0. The summed E-state index contributed by atoms with van der Waals surface area (Å²) in [5, 5.41) is 0. The van der Waals surface area contributed by atoms with Crippen molar-refractivity contribution in [2.45, 2.75) is 26.2 Å². The summed E-state index contributed by atoms with van der Waals surface area (Å²) >= 11 is 0. The minimum atomic E-state index is 0.333. The molecule has 0 aliphatic carbocycles. The fraction of sp³-hybridized carbons (Fsp3) is 0.889. The molecule has 1 unspecified atom stereocenters. The summed E-state index contributed by atoms with van der Waals surface area (Å²) in [6.07, 6.45) is 3.15. The summed E-state index contributed by atoms with van der Waals surface area (Å²) < 4.78 is 0. The van der Waals surface area contributed by atoms with Crippen molar-refractivity contribution in [2.75, 3.05) is 20.1 Å². The van der Waals surface area contributed by atoms with E-state index >= 15 is 0 Å². The van der Waals surface area contributed by atoms with Crippen molar-refractivity contribution in [1.82, 2.24) is 4.90 Å². The van der Waals surface area contributed by atoms with Gasteiger partial charge in [-0.1, -0.05) is 0 Å². The molecule has 0 bridgehead atoms. The summed E-state index contributed by atoms with van der Waals surface area (Å²) in [7, 11) is 2.15. The fourth-order valence-electron chi connectivity index (χ4n) is 1.67. The number of rotatable bonds is 3. The molecule has 2 heteroatoms. The molecule has 1 aliphatic heterocycles. The van der Waals surface area contributed by atoms with Crippen LogP contribution in [0.15, 0.2) is 0 Å². The van der Waals surface area contributed by atoms with E-state index < -0.39 is 0 Å². The molecule has 1 atom stereocenters. The molecule has 2 nitrogen and oxygen atoms in total. The van der Waals surface area contributed by atoms with Crippen LogP contribution in [0.1, 0.15) is 26.2 Å². The molecule has 64 valence electrons. The Morgan fingerprint density at radius 1 is 1.64 bits per heavy atom. The molecule has 11 heavy (non-hydrogen) atoms. The second kappa shape index (κ2) is 3.86. The van der Waals surface area contributed by atoms with Gasteiger partial charge < -0.3 is 9.69 Å². The zero-order valence-electron chi connectivity index (χ0n) is 7.47. The van der Waals surface area contributed by atoms with Gasteiger partial charge in [-0.05, 0) is 39.3 Å². The van der Waals surface area contributed by atoms with Crippen molar-refractivity contribution in [1.29, 1.82) is 0 Å². The molecule has 0 aromatic carbocycles. The number of carbonyl (C=O) groups excluding carboxylic acids is 1. The number of ketones is 1. The SMILES string of the molecule is CC(=O)CCC1CCN(C)C1. The predicted octanol–water partition coefficient (Wildman–Crippen LogP) is 1.31. The lowest BCUT2D eigenvalue weighted by molar-refractivity contribution is -0.117. The monoisotopic (exact) mass is 155 g/mol. The van der Waals surface area contributed by atoms with Crippen LogP contribution < -0.4 is 0 Å². The third-order valence-corrected chi connectivity index (χ3v) is 2.39. The van der Waals surface area contributed by atoms with E-state index in [9.17, 15) is 4.79 Å². The Kier molecular flexibility index (Phi) is 3.06.